The minimum absolute atomic E-state index is 0.0939. The molecular formula is C14H17N3O2S. The van der Waals surface area contributed by atoms with Crippen molar-refractivity contribution in [3.8, 4) is 10.6 Å². The van der Waals surface area contributed by atoms with Gasteiger partial charge in [-0.15, -0.1) is 11.3 Å². The van der Waals surface area contributed by atoms with E-state index in [4.69, 9.17) is 0 Å². The van der Waals surface area contributed by atoms with Crippen LogP contribution in [0.5, 0.6) is 0 Å². The second kappa shape index (κ2) is 6.58. The van der Waals surface area contributed by atoms with E-state index in [-0.39, 0.29) is 16.7 Å². The van der Waals surface area contributed by atoms with Gasteiger partial charge in [0, 0.05) is 29.1 Å². The van der Waals surface area contributed by atoms with Crippen molar-refractivity contribution in [1.82, 2.24) is 10.3 Å². The number of non-ortho nitro benzene ring substituents is 1. The summed E-state index contributed by atoms with van der Waals surface area (Å²) >= 11 is 1.51. The number of hydrogen-bond acceptors (Lipinski definition) is 5. The van der Waals surface area contributed by atoms with Crippen molar-refractivity contribution in [1.29, 1.82) is 0 Å². The van der Waals surface area contributed by atoms with Gasteiger partial charge in [0.1, 0.15) is 5.01 Å². The first-order valence-corrected chi connectivity index (χ1v) is 7.43. The molecule has 1 aromatic carbocycles. The van der Waals surface area contributed by atoms with Crippen LogP contribution >= 0.6 is 11.3 Å². The van der Waals surface area contributed by atoms with Crippen LogP contribution in [-0.2, 0) is 0 Å². The number of hydrogen-bond donors (Lipinski definition) is 1. The summed E-state index contributed by atoms with van der Waals surface area (Å²) < 4.78 is 0. The summed E-state index contributed by atoms with van der Waals surface area (Å²) in [5.41, 5.74) is 1.86. The quantitative estimate of drug-likeness (QED) is 0.649. The molecule has 0 spiro atoms. The van der Waals surface area contributed by atoms with Crippen molar-refractivity contribution in [2.24, 2.45) is 0 Å². The van der Waals surface area contributed by atoms with Gasteiger partial charge in [-0.2, -0.15) is 0 Å². The number of benzene rings is 1. The fourth-order valence-electron chi connectivity index (χ4n) is 1.84. The molecule has 2 aromatic rings. The predicted octanol–water partition coefficient (Wildman–Crippen LogP) is 3.78. The first-order chi connectivity index (χ1) is 9.61. The van der Waals surface area contributed by atoms with Gasteiger partial charge in [0.05, 0.1) is 10.6 Å². The Balaban J connectivity index is 2.20. The van der Waals surface area contributed by atoms with E-state index in [2.05, 4.69) is 24.1 Å². The van der Waals surface area contributed by atoms with Gasteiger partial charge in [0.2, 0.25) is 0 Å². The Labute approximate surface area is 121 Å². The molecule has 0 aliphatic rings. The number of nitro benzene ring substituents is 1. The van der Waals surface area contributed by atoms with E-state index in [9.17, 15) is 10.1 Å². The van der Waals surface area contributed by atoms with E-state index in [0.29, 0.717) is 0 Å². The molecule has 0 amide bonds. The van der Waals surface area contributed by atoms with E-state index in [1.54, 1.807) is 12.1 Å². The van der Waals surface area contributed by atoms with Crippen LogP contribution in [0.25, 0.3) is 10.6 Å². The number of thiazole rings is 1. The minimum atomic E-state index is -0.385. The Hall–Kier alpha value is -1.79. The van der Waals surface area contributed by atoms with Gasteiger partial charge in [-0.25, -0.2) is 4.98 Å². The third kappa shape index (κ3) is 3.40. The number of nitro groups is 1. The fourth-order valence-corrected chi connectivity index (χ4v) is 2.75. The van der Waals surface area contributed by atoms with Crippen LogP contribution in [0.2, 0.25) is 0 Å². The van der Waals surface area contributed by atoms with Gasteiger partial charge in [0.15, 0.2) is 0 Å². The van der Waals surface area contributed by atoms with Gasteiger partial charge in [-0.3, -0.25) is 10.1 Å². The highest BCUT2D eigenvalue weighted by Gasteiger charge is 2.12. The summed E-state index contributed by atoms with van der Waals surface area (Å²) in [5.74, 6) is 0. The van der Waals surface area contributed by atoms with Crippen molar-refractivity contribution >= 4 is 17.0 Å². The molecule has 6 heteroatoms. The van der Waals surface area contributed by atoms with E-state index in [1.807, 2.05) is 11.4 Å². The molecule has 5 nitrogen and oxygen atoms in total. The first kappa shape index (κ1) is 14.6. The first-order valence-electron chi connectivity index (χ1n) is 6.55. The Morgan fingerprint density at radius 1 is 1.50 bits per heavy atom. The second-order valence-electron chi connectivity index (χ2n) is 4.56. The summed E-state index contributed by atoms with van der Waals surface area (Å²) in [6, 6.07) is 6.78. The lowest BCUT2D eigenvalue weighted by molar-refractivity contribution is -0.384. The maximum Gasteiger partial charge on any atom is 0.270 e. The topological polar surface area (TPSA) is 68.1 Å². The molecule has 1 N–H and O–H groups in total. The molecule has 1 atom stereocenters. The molecule has 0 aliphatic heterocycles. The molecule has 20 heavy (non-hydrogen) atoms. The summed E-state index contributed by atoms with van der Waals surface area (Å²) in [6.07, 6.45) is 1.08. The molecular weight excluding hydrogens is 274 g/mol. The van der Waals surface area contributed by atoms with Crippen LogP contribution in [0.15, 0.2) is 29.6 Å². The highest BCUT2D eigenvalue weighted by molar-refractivity contribution is 7.13. The van der Waals surface area contributed by atoms with Crippen LogP contribution in [0.4, 0.5) is 5.69 Å². The second-order valence-corrected chi connectivity index (χ2v) is 5.42. The van der Waals surface area contributed by atoms with Crippen molar-refractivity contribution in [2.75, 3.05) is 6.54 Å². The standard InChI is InChI=1S/C14H17N3O2S/c1-3-7-15-10(2)13-9-20-14(16-13)11-5-4-6-12(8-11)17(18)19/h4-6,8-10,15H,3,7H2,1-2H3. The van der Waals surface area contributed by atoms with Crippen LogP contribution in [-0.4, -0.2) is 16.5 Å². The zero-order valence-corrected chi connectivity index (χ0v) is 12.3. The van der Waals surface area contributed by atoms with Crippen LogP contribution in [0.3, 0.4) is 0 Å². The number of nitrogens with zero attached hydrogens (tertiary/aromatic N) is 2. The molecule has 1 heterocycles. The summed E-state index contributed by atoms with van der Waals surface area (Å²) in [7, 11) is 0. The number of rotatable bonds is 6. The molecule has 2 rings (SSSR count). The average molecular weight is 291 g/mol. The predicted molar refractivity (Wildman–Crippen MR) is 80.9 cm³/mol. The molecule has 106 valence electrons. The molecule has 0 saturated carbocycles. The van der Waals surface area contributed by atoms with Crippen LogP contribution in [0.1, 0.15) is 32.0 Å². The average Bonchev–Trinajstić information content (AvgIpc) is 2.94. The van der Waals surface area contributed by atoms with Crippen molar-refractivity contribution in [3.63, 3.8) is 0 Å². The van der Waals surface area contributed by atoms with Crippen LogP contribution < -0.4 is 5.32 Å². The molecule has 0 bridgehead atoms. The van der Waals surface area contributed by atoms with Crippen LogP contribution in [0, 0.1) is 10.1 Å². The molecule has 0 aliphatic carbocycles. The van der Waals surface area contributed by atoms with Gasteiger partial charge in [-0.05, 0) is 19.9 Å². The van der Waals surface area contributed by atoms with E-state index in [0.717, 1.165) is 29.2 Å². The van der Waals surface area contributed by atoms with Gasteiger partial charge in [0.25, 0.3) is 5.69 Å². The van der Waals surface area contributed by atoms with Crippen molar-refractivity contribution in [3.05, 3.63) is 45.5 Å². The smallest absolute Gasteiger partial charge is 0.270 e. The summed E-state index contributed by atoms with van der Waals surface area (Å²) in [5, 5.41) is 17.0. The van der Waals surface area contributed by atoms with Crippen molar-refractivity contribution in [2.45, 2.75) is 26.3 Å². The van der Waals surface area contributed by atoms with Gasteiger partial charge in [-0.1, -0.05) is 19.1 Å². The maximum absolute atomic E-state index is 10.8. The minimum Gasteiger partial charge on any atom is -0.309 e. The molecule has 1 unspecified atom stereocenters. The third-order valence-electron chi connectivity index (χ3n) is 2.97. The summed E-state index contributed by atoms with van der Waals surface area (Å²) in [6.45, 7) is 5.14. The monoisotopic (exact) mass is 291 g/mol. The number of aromatic nitrogens is 1. The summed E-state index contributed by atoms with van der Waals surface area (Å²) in [4.78, 5) is 15.0. The number of nitrogens with one attached hydrogen (secondary N) is 1. The van der Waals surface area contributed by atoms with E-state index < -0.39 is 0 Å². The lowest BCUT2D eigenvalue weighted by Crippen LogP contribution is -2.19. The third-order valence-corrected chi connectivity index (χ3v) is 3.88. The van der Waals surface area contributed by atoms with E-state index in [1.165, 1.54) is 17.4 Å². The SMILES string of the molecule is CCCNC(C)c1csc(-c2cccc([N+](=O)[O-])c2)n1. The Bertz CT molecular complexity index is 598. The molecule has 0 saturated heterocycles. The highest BCUT2D eigenvalue weighted by Crippen LogP contribution is 2.28. The Morgan fingerprint density at radius 2 is 2.30 bits per heavy atom. The van der Waals surface area contributed by atoms with Gasteiger partial charge < -0.3 is 5.32 Å². The van der Waals surface area contributed by atoms with Gasteiger partial charge >= 0.3 is 0 Å². The zero-order valence-electron chi connectivity index (χ0n) is 11.5. The Morgan fingerprint density at radius 3 is 3.00 bits per heavy atom. The fraction of sp³-hybridized carbons (Fsp3) is 0.357. The van der Waals surface area contributed by atoms with E-state index >= 15 is 0 Å². The lowest BCUT2D eigenvalue weighted by Gasteiger charge is -2.09. The molecule has 0 radical (unpaired) electrons. The Kier molecular flexibility index (Phi) is 4.81. The molecule has 1 aromatic heterocycles. The maximum atomic E-state index is 10.8. The largest absolute Gasteiger partial charge is 0.309 e. The normalized spacial score (nSPS) is 12.3. The lowest BCUT2D eigenvalue weighted by atomic mass is 10.2. The van der Waals surface area contributed by atoms with Crippen molar-refractivity contribution < 1.29 is 4.92 Å². The highest BCUT2D eigenvalue weighted by atomic mass is 32.1. The molecule has 0 fully saturated rings. The zero-order chi connectivity index (χ0) is 14.5.